The van der Waals surface area contributed by atoms with Crippen molar-refractivity contribution < 1.29 is 4.39 Å². The minimum absolute atomic E-state index is 0.0578. The van der Waals surface area contributed by atoms with Gasteiger partial charge in [-0.3, -0.25) is 0 Å². The maximum absolute atomic E-state index is 12.9. The number of halogens is 2. The van der Waals surface area contributed by atoms with E-state index < -0.39 is 0 Å². The highest BCUT2D eigenvalue weighted by molar-refractivity contribution is 6.31. The molecular weight excluding hydrogens is 213 g/mol. The van der Waals surface area contributed by atoms with Gasteiger partial charge in [-0.15, -0.1) is 0 Å². The number of hydrogen-bond donors (Lipinski definition) is 1. The van der Waals surface area contributed by atoms with Crippen LogP contribution in [0.4, 0.5) is 4.39 Å². The highest BCUT2D eigenvalue weighted by Gasteiger charge is 2.61. The fourth-order valence-electron chi connectivity index (χ4n) is 2.51. The zero-order valence-corrected chi connectivity index (χ0v) is 9.74. The molecule has 1 atom stereocenters. The molecule has 2 N–H and O–H groups in total. The molecule has 2 rings (SSSR count). The minimum atomic E-state index is -0.297. The maximum Gasteiger partial charge on any atom is 0.124 e. The molecule has 1 aliphatic rings. The summed E-state index contributed by atoms with van der Waals surface area (Å²) in [5, 5.41) is 0.492. The van der Waals surface area contributed by atoms with E-state index in [0.29, 0.717) is 11.6 Å². The van der Waals surface area contributed by atoms with Gasteiger partial charge < -0.3 is 5.73 Å². The Bertz CT molecular complexity index is 403. The third-order valence-electron chi connectivity index (χ3n) is 3.71. The lowest BCUT2D eigenvalue weighted by Crippen LogP contribution is -2.25. The van der Waals surface area contributed by atoms with Crippen LogP contribution in [-0.4, -0.2) is 6.54 Å². The normalized spacial score (nSPS) is 27.8. The van der Waals surface area contributed by atoms with E-state index in [1.165, 1.54) is 12.1 Å². The van der Waals surface area contributed by atoms with E-state index in [0.717, 1.165) is 12.0 Å². The van der Waals surface area contributed by atoms with E-state index in [4.69, 9.17) is 17.3 Å². The molecule has 0 aromatic heterocycles. The molecular formula is C12H15ClFN. The van der Waals surface area contributed by atoms with Gasteiger partial charge in [0, 0.05) is 17.0 Å². The fraction of sp³-hybridized carbons (Fsp3) is 0.500. The van der Waals surface area contributed by atoms with Crippen LogP contribution in [0.25, 0.3) is 0 Å². The van der Waals surface area contributed by atoms with E-state index in [1.54, 1.807) is 6.07 Å². The second-order valence-corrected chi connectivity index (χ2v) is 5.38. The van der Waals surface area contributed by atoms with Crippen molar-refractivity contribution in [3.63, 3.8) is 0 Å². The first-order chi connectivity index (χ1) is 6.93. The Kier molecular flexibility index (Phi) is 2.32. The second-order valence-electron chi connectivity index (χ2n) is 4.97. The molecule has 82 valence electrons. The largest absolute Gasteiger partial charge is 0.330 e. The molecule has 0 radical (unpaired) electrons. The Balaban J connectivity index is 2.46. The predicted octanol–water partition coefficient (Wildman–Crippen LogP) is 3.11. The summed E-state index contributed by atoms with van der Waals surface area (Å²) in [5.41, 5.74) is 6.93. The Morgan fingerprint density at radius 3 is 2.47 bits per heavy atom. The highest BCUT2D eigenvalue weighted by atomic mass is 35.5. The Morgan fingerprint density at radius 1 is 1.47 bits per heavy atom. The molecule has 1 saturated carbocycles. The van der Waals surface area contributed by atoms with Crippen LogP contribution in [0.1, 0.15) is 25.8 Å². The van der Waals surface area contributed by atoms with Crippen molar-refractivity contribution >= 4 is 11.6 Å². The van der Waals surface area contributed by atoms with Gasteiger partial charge in [-0.1, -0.05) is 31.5 Å². The molecule has 0 heterocycles. The van der Waals surface area contributed by atoms with Crippen LogP contribution >= 0.6 is 11.6 Å². The summed E-state index contributed by atoms with van der Waals surface area (Å²) >= 11 is 6.06. The Labute approximate surface area is 94.4 Å². The van der Waals surface area contributed by atoms with Crippen molar-refractivity contribution in [1.82, 2.24) is 0 Å². The number of nitrogens with two attached hydrogens (primary N) is 1. The van der Waals surface area contributed by atoms with Crippen LogP contribution in [0.3, 0.4) is 0 Å². The predicted molar refractivity (Wildman–Crippen MR) is 60.5 cm³/mol. The molecule has 1 aromatic carbocycles. The van der Waals surface area contributed by atoms with Crippen molar-refractivity contribution in [3.05, 3.63) is 34.6 Å². The summed E-state index contributed by atoms with van der Waals surface area (Å²) in [6.45, 7) is 4.89. The minimum Gasteiger partial charge on any atom is -0.330 e. The lowest BCUT2D eigenvalue weighted by atomic mass is 9.88. The summed E-state index contributed by atoms with van der Waals surface area (Å²) in [6, 6.07) is 4.58. The zero-order valence-electron chi connectivity index (χ0n) is 8.98. The quantitative estimate of drug-likeness (QED) is 0.826. The number of benzene rings is 1. The van der Waals surface area contributed by atoms with Gasteiger partial charge in [-0.25, -0.2) is 4.39 Å². The smallest absolute Gasteiger partial charge is 0.124 e. The molecule has 15 heavy (non-hydrogen) atoms. The average molecular weight is 228 g/mol. The van der Waals surface area contributed by atoms with Gasteiger partial charge in [0.1, 0.15) is 5.82 Å². The molecule has 1 nitrogen and oxygen atoms in total. The van der Waals surface area contributed by atoms with Crippen molar-refractivity contribution in [2.24, 2.45) is 11.1 Å². The first-order valence-corrected chi connectivity index (χ1v) is 5.46. The lowest BCUT2D eigenvalue weighted by Gasteiger charge is -2.20. The molecule has 0 saturated heterocycles. The van der Waals surface area contributed by atoms with Gasteiger partial charge in [0.05, 0.1) is 0 Å². The molecule has 0 aliphatic heterocycles. The molecule has 1 fully saturated rings. The molecule has 0 amide bonds. The zero-order chi connectivity index (χ0) is 11.3. The summed E-state index contributed by atoms with van der Waals surface area (Å²) in [7, 11) is 0. The van der Waals surface area contributed by atoms with Crippen molar-refractivity contribution in [2.45, 2.75) is 25.7 Å². The first kappa shape index (κ1) is 10.9. The third-order valence-corrected chi connectivity index (χ3v) is 4.02. The van der Waals surface area contributed by atoms with Gasteiger partial charge in [-0.05, 0) is 29.5 Å². The van der Waals surface area contributed by atoms with Crippen LogP contribution in [0, 0.1) is 11.2 Å². The van der Waals surface area contributed by atoms with Crippen molar-refractivity contribution in [1.29, 1.82) is 0 Å². The Hall–Kier alpha value is -0.600. The summed E-state index contributed by atoms with van der Waals surface area (Å²) in [6.07, 6.45) is 1.02. The van der Waals surface area contributed by atoms with Crippen LogP contribution < -0.4 is 5.73 Å². The van der Waals surface area contributed by atoms with Crippen molar-refractivity contribution in [3.8, 4) is 0 Å². The van der Waals surface area contributed by atoms with E-state index in [-0.39, 0.29) is 16.6 Å². The van der Waals surface area contributed by atoms with Crippen LogP contribution in [0.5, 0.6) is 0 Å². The van der Waals surface area contributed by atoms with E-state index in [9.17, 15) is 4.39 Å². The monoisotopic (exact) mass is 227 g/mol. The summed E-state index contributed by atoms with van der Waals surface area (Å²) < 4.78 is 12.9. The second kappa shape index (κ2) is 3.19. The number of rotatable bonds is 2. The standard InChI is InChI=1S/C12H15ClFN/c1-11(2)6-12(11,7-15)9-4-3-8(14)5-10(9)13/h3-5H,6-7,15H2,1-2H3. The topological polar surface area (TPSA) is 26.0 Å². The lowest BCUT2D eigenvalue weighted by molar-refractivity contribution is 0.502. The van der Waals surface area contributed by atoms with Crippen molar-refractivity contribution in [2.75, 3.05) is 6.54 Å². The van der Waals surface area contributed by atoms with Gasteiger partial charge in [0.15, 0.2) is 0 Å². The number of hydrogen-bond acceptors (Lipinski definition) is 1. The van der Waals surface area contributed by atoms with E-state index in [1.807, 2.05) is 0 Å². The van der Waals surface area contributed by atoms with E-state index >= 15 is 0 Å². The molecule has 3 heteroatoms. The SMILES string of the molecule is CC1(C)CC1(CN)c1ccc(F)cc1Cl. The maximum atomic E-state index is 12.9. The van der Waals surface area contributed by atoms with Gasteiger partial charge >= 0.3 is 0 Å². The van der Waals surface area contributed by atoms with Crippen LogP contribution in [-0.2, 0) is 5.41 Å². The van der Waals surface area contributed by atoms with Gasteiger partial charge in [-0.2, -0.15) is 0 Å². The average Bonchev–Trinajstić information content (AvgIpc) is 2.69. The first-order valence-electron chi connectivity index (χ1n) is 5.08. The molecule has 1 aliphatic carbocycles. The fourth-order valence-corrected chi connectivity index (χ4v) is 2.85. The van der Waals surface area contributed by atoms with Crippen LogP contribution in [0.15, 0.2) is 18.2 Å². The van der Waals surface area contributed by atoms with E-state index in [2.05, 4.69) is 13.8 Å². The van der Waals surface area contributed by atoms with Crippen LogP contribution in [0.2, 0.25) is 5.02 Å². The summed E-state index contributed by atoms with van der Waals surface area (Å²) in [4.78, 5) is 0. The molecule has 1 unspecified atom stereocenters. The summed E-state index contributed by atoms with van der Waals surface area (Å²) in [5.74, 6) is -0.297. The molecule has 0 spiro atoms. The van der Waals surface area contributed by atoms with Gasteiger partial charge in [0.25, 0.3) is 0 Å². The van der Waals surface area contributed by atoms with Gasteiger partial charge in [0.2, 0.25) is 0 Å². The third kappa shape index (κ3) is 1.47. The Morgan fingerprint density at radius 2 is 2.07 bits per heavy atom. The molecule has 1 aromatic rings. The molecule has 0 bridgehead atoms. The highest BCUT2D eigenvalue weighted by Crippen LogP contribution is 2.64.